The lowest BCUT2D eigenvalue weighted by Gasteiger charge is -2.19. The highest BCUT2D eigenvalue weighted by molar-refractivity contribution is 5.74. The Morgan fingerprint density at radius 2 is 1.70 bits per heavy atom. The molecule has 0 atom stereocenters. The van der Waals surface area contributed by atoms with Gasteiger partial charge in [0.25, 0.3) is 11.0 Å². The van der Waals surface area contributed by atoms with Gasteiger partial charge in [-0.15, -0.1) is 0 Å². The lowest BCUT2D eigenvalue weighted by atomic mass is 9.94. The summed E-state index contributed by atoms with van der Waals surface area (Å²) >= 11 is 0. The standard InChI is InChI=1S/C17H22N2O4/c1-17(2,3)19-16(23)11(12-13(20)15(22)14(12)21)10(18-19)8-9-6-4-5-7-9/h9,18,20H,4-8H2,1-3H3. The summed E-state index contributed by atoms with van der Waals surface area (Å²) in [6.45, 7) is 5.65. The molecule has 6 nitrogen and oxygen atoms in total. The van der Waals surface area contributed by atoms with E-state index >= 15 is 0 Å². The highest BCUT2D eigenvalue weighted by Crippen LogP contribution is 2.32. The number of hydrogen-bond acceptors (Lipinski definition) is 4. The monoisotopic (exact) mass is 318 g/mol. The quantitative estimate of drug-likeness (QED) is 0.841. The lowest BCUT2D eigenvalue weighted by Crippen LogP contribution is -2.36. The van der Waals surface area contributed by atoms with E-state index in [-0.39, 0.29) is 16.7 Å². The number of aromatic amines is 1. The highest BCUT2D eigenvalue weighted by Gasteiger charge is 2.32. The summed E-state index contributed by atoms with van der Waals surface area (Å²) in [5.74, 6) is -0.117. The minimum Gasteiger partial charge on any atom is -0.503 e. The van der Waals surface area contributed by atoms with Crippen molar-refractivity contribution in [3.8, 4) is 16.9 Å². The zero-order valence-corrected chi connectivity index (χ0v) is 13.7. The second-order valence-corrected chi connectivity index (χ2v) is 7.51. The average Bonchev–Trinajstić information content (AvgIpc) is 3.09. The molecular formula is C17H22N2O4. The molecule has 0 saturated heterocycles. The molecule has 1 saturated carbocycles. The van der Waals surface area contributed by atoms with E-state index in [0.29, 0.717) is 18.0 Å². The number of H-pyrrole nitrogens is 1. The van der Waals surface area contributed by atoms with Gasteiger partial charge in [-0.1, -0.05) is 25.7 Å². The summed E-state index contributed by atoms with van der Waals surface area (Å²) in [4.78, 5) is 35.9. The molecule has 2 aromatic rings. The molecule has 6 heteroatoms. The Balaban J connectivity index is 2.16. The fourth-order valence-corrected chi connectivity index (χ4v) is 3.48. The molecule has 0 aliphatic heterocycles. The molecule has 0 amide bonds. The van der Waals surface area contributed by atoms with Gasteiger partial charge in [-0.2, -0.15) is 0 Å². The third-order valence-corrected chi connectivity index (χ3v) is 4.74. The van der Waals surface area contributed by atoms with E-state index in [1.165, 1.54) is 17.5 Å². The lowest BCUT2D eigenvalue weighted by molar-refractivity contribution is 0.342. The number of hydrogen-bond donors (Lipinski definition) is 2. The Kier molecular flexibility index (Phi) is 3.58. The molecule has 1 fully saturated rings. The van der Waals surface area contributed by atoms with E-state index in [1.807, 2.05) is 20.8 Å². The van der Waals surface area contributed by atoms with Crippen molar-refractivity contribution in [2.45, 2.75) is 58.4 Å². The zero-order chi connectivity index (χ0) is 16.9. The van der Waals surface area contributed by atoms with E-state index in [1.54, 1.807) is 0 Å². The van der Waals surface area contributed by atoms with Crippen LogP contribution in [0.2, 0.25) is 0 Å². The molecule has 124 valence electrons. The van der Waals surface area contributed by atoms with Gasteiger partial charge in [0.1, 0.15) is 0 Å². The first kappa shape index (κ1) is 15.8. The topological polar surface area (TPSA) is 92.2 Å². The SMILES string of the molecule is CC(C)(C)n1[nH]c(CC2CCCC2)c(-c2c(O)c(=O)c2=O)c1=O. The summed E-state index contributed by atoms with van der Waals surface area (Å²) in [5, 5.41) is 12.9. The molecule has 1 aromatic carbocycles. The Bertz CT molecular complexity index is 866. The van der Waals surface area contributed by atoms with Crippen molar-refractivity contribution in [3.63, 3.8) is 0 Å². The van der Waals surface area contributed by atoms with Gasteiger partial charge in [0.05, 0.1) is 16.7 Å². The van der Waals surface area contributed by atoms with Crippen LogP contribution in [0.1, 0.15) is 52.1 Å². The number of nitrogens with zero attached hydrogens (tertiary/aromatic N) is 1. The minimum absolute atomic E-state index is 0.118. The van der Waals surface area contributed by atoms with Crippen LogP contribution in [-0.4, -0.2) is 14.9 Å². The van der Waals surface area contributed by atoms with Gasteiger partial charge >= 0.3 is 0 Å². The van der Waals surface area contributed by atoms with Crippen LogP contribution >= 0.6 is 0 Å². The fourth-order valence-electron chi connectivity index (χ4n) is 3.48. The number of aromatic hydroxyl groups is 1. The molecule has 1 aromatic heterocycles. The van der Waals surface area contributed by atoms with E-state index in [0.717, 1.165) is 12.8 Å². The maximum atomic E-state index is 12.8. The van der Waals surface area contributed by atoms with Crippen molar-refractivity contribution < 1.29 is 5.11 Å². The second kappa shape index (κ2) is 5.22. The molecular weight excluding hydrogens is 296 g/mol. The summed E-state index contributed by atoms with van der Waals surface area (Å²) in [6, 6.07) is 0. The molecule has 0 spiro atoms. The summed E-state index contributed by atoms with van der Waals surface area (Å²) in [7, 11) is 0. The van der Waals surface area contributed by atoms with Gasteiger partial charge in [0, 0.05) is 5.69 Å². The average molecular weight is 318 g/mol. The van der Waals surface area contributed by atoms with Crippen LogP contribution < -0.4 is 16.4 Å². The first-order valence-electron chi connectivity index (χ1n) is 8.09. The summed E-state index contributed by atoms with van der Waals surface area (Å²) in [5.41, 5.74) is -1.80. The maximum Gasteiger partial charge on any atom is 0.275 e. The van der Waals surface area contributed by atoms with Gasteiger partial charge in [0.15, 0.2) is 5.75 Å². The maximum absolute atomic E-state index is 12.8. The molecule has 0 bridgehead atoms. The van der Waals surface area contributed by atoms with Crippen LogP contribution in [0.3, 0.4) is 0 Å². The van der Waals surface area contributed by atoms with Gasteiger partial charge in [0.2, 0.25) is 5.43 Å². The number of nitrogens with one attached hydrogen (secondary N) is 1. The molecule has 3 rings (SSSR count). The normalized spacial score (nSPS) is 16.5. The zero-order valence-electron chi connectivity index (χ0n) is 13.7. The van der Waals surface area contributed by atoms with Crippen molar-refractivity contribution in [2.75, 3.05) is 0 Å². The van der Waals surface area contributed by atoms with Crippen molar-refractivity contribution in [1.82, 2.24) is 9.78 Å². The first-order chi connectivity index (χ1) is 10.7. The Labute approximate surface area is 133 Å². The van der Waals surface area contributed by atoms with Crippen LogP contribution in [0, 0.1) is 5.92 Å². The fraction of sp³-hybridized carbons (Fsp3) is 0.588. The third-order valence-electron chi connectivity index (χ3n) is 4.74. The first-order valence-corrected chi connectivity index (χ1v) is 8.09. The van der Waals surface area contributed by atoms with Crippen LogP contribution in [0.15, 0.2) is 14.4 Å². The molecule has 2 N–H and O–H groups in total. The van der Waals surface area contributed by atoms with Gasteiger partial charge in [-0.05, 0) is 33.1 Å². The predicted molar refractivity (Wildman–Crippen MR) is 87.7 cm³/mol. The van der Waals surface area contributed by atoms with Crippen molar-refractivity contribution in [1.29, 1.82) is 0 Å². The van der Waals surface area contributed by atoms with Gasteiger partial charge in [-0.3, -0.25) is 19.5 Å². The van der Waals surface area contributed by atoms with Crippen molar-refractivity contribution in [2.24, 2.45) is 5.92 Å². The molecule has 1 aliphatic rings. The van der Waals surface area contributed by atoms with Crippen LogP contribution in [-0.2, 0) is 12.0 Å². The van der Waals surface area contributed by atoms with Crippen molar-refractivity contribution in [3.05, 3.63) is 36.5 Å². The molecule has 1 heterocycles. The minimum atomic E-state index is -0.908. The highest BCUT2D eigenvalue weighted by atomic mass is 16.3. The number of rotatable bonds is 3. The summed E-state index contributed by atoms with van der Waals surface area (Å²) in [6.07, 6.45) is 5.21. The Hall–Kier alpha value is -2.11. The molecule has 0 unspecified atom stereocenters. The number of aromatic nitrogens is 2. The molecule has 1 aliphatic carbocycles. The summed E-state index contributed by atoms with van der Waals surface area (Å²) < 4.78 is 1.48. The van der Waals surface area contributed by atoms with E-state index in [4.69, 9.17) is 0 Å². The predicted octanol–water partition coefficient (Wildman–Crippen LogP) is 1.63. The van der Waals surface area contributed by atoms with Crippen LogP contribution in [0.4, 0.5) is 0 Å². The van der Waals surface area contributed by atoms with E-state index < -0.39 is 22.1 Å². The van der Waals surface area contributed by atoms with Gasteiger partial charge in [-0.25, -0.2) is 4.68 Å². The Morgan fingerprint density at radius 3 is 2.22 bits per heavy atom. The van der Waals surface area contributed by atoms with Crippen LogP contribution in [0.5, 0.6) is 5.75 Å². The van der Waals surface area contributed by atoms with Gasteiger partial charge < -0.3 is 5.11 Å². The third kappa shape index (κ3) is 2.46. The van der Waals surface area contributed by atoms with Crippen LogP contribution in [0.25, 0.3) is 11.1 Å². The second-order valence-electron chi connectivity index (χ2n) is 7.51. The Morgan fingerprint density at radius 1 is 1.09 bits per heavy atom. The molecule has 0 radical (unpaired) electrons. The smallest absolute Gasteiger partial charge is 0.275 e. The van der Waals surface area contributed by atoms with E-state index in [2.05, 4.69) is 5.10 Å². The van der Waals surface area contributed by atoms with E-state index in [9.17, 15) is 19.5 Å². The van der Waals surface area contributed by atoms with Crippen molar-refractivity contribution >= 4 is 0 Å². The largest absolute Gasteiger partial charge is 0.503 e. The molecule has 23 heavy (non-hydrogen) atoms.